The maximum Gasteiger partial charge on any atom is 0.349 e. The molecular weight excluding hydrogens is 368 g/mol. The van der Waals surface area contributed by atoms with Gasteiger partial charge in [-0.2, -0.15) is 0 Å². The summed E-state index contributed by atoms with van der Waals surface area (Å²) in [5.41, 5.74) is 0.690. The number of nitrogens with zero attached hydrogens (tertiary/aromatic N) is 2. The van der Waals surface area contributed by atoms with Gasteiger partial charge in [-0.25, -0.2) is 4.79 Å². The number of oxime groups is 1. The number of hydrogen-bond donors (Lipinski definition) is 0. The summed E-state index contributed by atoms with van der Waals surface area (Å²) in [4.78, 5) is 26.8. The summed E-state index contributed by atoms with van der Waals surface area (Å²) >= 11 is 0. The van der Waals surface area contributed by atoms with Gasteiger partial charge in [0.15, 0.2) is 6.10 Å². The van der Waals surface area contributed by atoms with Crippen LogP contribution >= 0.6 is 0 Å². The number of esters is 1. The number of benzene rings is 2. The lowest BCUT2D eigenvalue weighted by atomic mass is 10.3. The molecule has 0 saturated heterocycles. The number of nitro groups is 1. The van der Waals surface area contributed by atoms with Gasteiger partial charge in [0.2, 0.25) is 0 Å². The van der Waals surface area contributed by atoms with Crippen molar-refractivity contribution in [3.8, 4) is 17.2 Å². The van der Waals surface area contributed by atoms with Crippen LogP contribution in [-0.2, 0) is 14.4 Å². The van der Waals surface area contributed by atoms with Crippen LogP contribution in [0.15, 0.2) is 53.7 Å². The Kier molecular flexibility index (Phi) is 7.32. The Morgan fingerprint density at radius 3 is 2.11 bits per heavy atom. The van der Waals surface area contributed by atoms with Crippen molar-refractivity contribution >= 4 is 17.4 Å². The van der Waals surface area contributed by atoms with Crippen molar-refractivity contribution in [2.24, 2.45) is 5.16 Å². The molecule has 2 aromatic rings. The molecule has 9 nitrogen and oxygen atoms in total. The SMILES string of the molecule is CC(C)=NOCOC(=O)C(C)Oc1ccc(Oc2ccc([N+](=O)[O-])cc2)cc1. The van der Waals surface area contributed by atoms with Gasteiger partial charge in [0.1, 0.15) is 17.2 Å². The first-order valence-electron chi connectivity index (χ1n) is 8.34. The smallest absolute Gasteiger partial charge is 0.349 e. The Morgan fingerprint density at radius 2 is 1.57 bits per heavy atom. The molecule has 2 rings (SSSR count). The number of nitro benzene ring substituents is 1. The summed E-state index contributed by atoms with van der Waals surface area (Å²) in [6, 6.07) is 12.3. The van der Waals surface area contributed by atoms with E-state index in [-0.39, 0.29) is 12.5 Å². The van der Waals surface area contributed by atoms with Crippen molar-refractivity contribution in [2.45, 2.75) is 26.9 Å². The lowest BCUT2D eigenvalue weighted by Gasteiger charge is -2.14. The van der Waals surface area contributed by atoms with E-state index in [9.17, 15) is 14.9 Å². The van der Waals surface area contributed by atoms with Crippen LogP contribution in [0.5, 0.6) is 17.2 Å². The number of carbonyl (C=O) groups is 1. The molecule has 148 valence electrons. The second-order valence-corrected chi connectivity index (χ2v) is 5.83. The zero-order chi connectivity index (χ0) is 20.5. The van der Waals surface area contributed by atoms with Crippen molar-refractivity contribution in [3.63, 3.8) is 0 Å². The van der Waals surface area contributed by atoms with E-state index in [1.54, 1.807) is 45.0 Å². The topological polar surface area (TPSA) is 109 Å². The lowest BCUT2D eigenvalue weighted by molar-refractivity contribution is -0.384. The van der Waals surface area contributed by atoms with Crippen LogP contribution in [0.4, 0.5) is 5.69 Å². The third kappa shape index (κ3) is 6.60. The van der Waals surface area contributed by atoms with E-state index < -0.39 is 17.0 Å². The molecule has 0 aliphatic carbocycles. The first kappa shape index (κ1) is 20.7. The van der Waals surface area contributed by atoms with Crippen LogP contribution in [0, 0.1) is 10.1 Å². The molecule has 0 aliphatic heterocycles. The maximum atomic E-state index is 11.8. The standard InChI is InChI=1S/C19H20N2O7/c1-13(2)20-26-12-25-19(22)14(3)27-16-8-10-18(11-9-16)28-17-6-4-15(5-7-17)21(23)24/h4-11,14H,12H2,1-3H3. The fourth-order valence-corrected chi connectivity index (χ4v) is 1.97. The minimum atomic E-state index is -0.836. The summed E-state index contributed by atoms with van der Waals surface area (Å²) in [6.07, 6.45) is -0.836. The highest BCUT2D eigenvalue weighted by atomic mass is 16.8. The van der Waals surface area contributed by atoms with Crippen LogP contribution < -0.4 is 9.47 Å². The Balaban J connectivity index is 1.85. The van der Waals surface area contributed by atoms with Gasteiger partial charge < -0.3 is 19.0 Å². The van der Waals surface area contributed by atoms with Crippen LogP contribution in [0.2, 0.25) is 0 Å². The molecule has 9 heteroatoms. The fraction of sp³-hybridized carbons (Fsp3) is 0.263. The molecule has 0 saturated carbocycles. The van der Waals surface area contributed by atoms with E-state index in [2.05, 4.69) is 5.16 Å². The van der Waals surface area contributed by atoms with Gasteiger partial charge in [-0.3, -0.25) is 10.1 Å². The largest absolute Gasteiger partial charge is 0.479 e. The molecule has 0 amide bonds. The highest BCUT2D eigenvalue weighted by Crippen LogP contribution is 2.26. The monoisotopic (exact) mass is 388 g/mol. The van der Waals surface area contributed by atoms with E-state index in [1.165, 1.54) is 24.3 Å². The van der Waals surface area contributed by atoms with Crippen molar-refractivity contribution in [3.05, 3.63) is 58.6 Å². The molecule has 0 bridgehead atoms. The summed E-state index contributed by atoms with van der Waals surface area (Å²) in [6.45, 7) is 4.77. The average Bonchev–Trinajstić information content (AvgIpc) is 2.66. The molecule has 0 fully saturated rings. The predicted molar refractivity (Wildman–Crippen MR) is 101 cm³/mol. The number of non-ortho nitro benzene ring substituents is 1. The number of hydrogen-bond acceptors (Lipinski definition) is 8. The third-order valence-corrected chi connectivity index (χ3v) is 3.25. The number of ether oxygens (including phenoxy) is 3. The molecule has 1 atom stereocenters. The van der Waals surface area contributed by atoms with E-state index >= 15 is 0 Å². The van der Waals surface area contributed by atoms with Crippen LogP contribution in [0.3, 0.4) is 0 Å². The maximum absolute atomic E-state index is 11.8. The predicted octanol–water partition coefficient (Wildman–Crippen LogP) is 4.07. The minimum absolute atomic E-state index is 0.0148. The highest BCUT2D eigenvalue weighted by Gasteiger charge is 2.16. The van der Waals surface area contributed by atoms with Gasteiger partial charge in [0.25, 0.3) is 12.5 Å². The summed E-state index contributed by atoms with van der Waals surface area (Å²) in [5.74, 6) is 0.831. The molecule has 0 aromatic heterocycles. The molecule has 0 aliphatic rings. The second kappa shape index (κ2) is 9.91. The second-order valence-electron chi connectivity index (χ2n) is 5.83. The average molecular weight is 388 g/mol. The van der Waals surface area contributed by atoms with Gasteiger partial charge in [-0.15, -0.1) is 0 Å². The summed E-state index contributed by atoms with van der Waals surface area (Å²) < 4.78 is 16.0. The first-order valence-corrected chi connectivity index (χ1v) is 8.34. The molecular formula is C19H20N2O7. The van der Waals surface area contributed by atoms with Gasteiger partial charge >= 0.3 is 5.97 Å². The Morgan fingerprint density at radius 1 is 1.04 bits per heavy atom. The molecule has 0 radical (unpaired) electrons. The van der Waals surface area contributed by atoms with Gasteiger partial charge in [-0.1, -0.05) is 5.16 Å². The number of carbonyl (C=O) groups excluding carboxylic acids is 1. The van der Waals surface area contributed by atoms with E-state index in [4.69, 9.17) is 19.0 Å². The van der Waals surface area contributed by atoms with E-state index in [1.807, 2.05) is 0 Å². The van der Waals surface area contributed by atoms with Gasteiger partial charge in [0.05, 0.1) is 10.6 Å². The van der Waals surface area contributed by atoms with Crippen molar-refractivity contribution in [1.82, 2.24) is 0 Å². The lowest BCUT2D eigenvalue weighted by Crippen LogP contribution is -2.26. The minimum Gasteiger partial charge on any atom is -0.479 e. The zero-order valence-corrected chi connectivity index (χ0v) is 15.7. The summed E-state index contributed by atoms with van der Waals surface area (Å²) in [7, 11) is 0. The number of rotatable bonds is 9. The fourth-order valence-electron chi connectivity index (χ4n) is 1.97. The quantitative estimate of drug-likeness (QED) is 0.159. The van der Waals surface area contributed by atoms with E-state index in [0.29, 0.717) is 23.0 Å². The first-order chi connectivity index (χ1) is 13.3. The van der Waals surface area contributed by atoms with Gasteiger partial charge in [-0.05, 0) is 57.2 Å². The van der Waals surface area contributed by atoms with Crippen molar-refractivity contribution in [1.29, 1.82) is 0 Å². The molecule has 28 heavy (non-hydrogen) atoms. The van der Waals surface area contributed by atoms with E-state index in [0.717, 1.165) is 0 Å². The molecule has 0 spiro atoms. The summed E-state index contributed by atoms with van der Waals surface area (Å²) in [5, 5.41) is 14.3. The molecule has 0 N–H and O–H groups in total. The van der Waals surface area contributed by atoms with Crippen molar-refractivity contribution in [2.75, 3.05) is 6.79 Å². The van der Waals surface area contributed by atoms with Crippen LogP contribution in [0.1, 0.15) is 20.8 Å². The molecule has 1 unspecified atom stereocenters. The molecule has 2 aromatic carbocycles. The zero-order valence-electron chi connectivity index (χ0n) is 15.7. The third-order valence-electron chi connectivity index (χ3n) is 3.25. The normalized spacial score (nSPS) is 11.1. The van der Waals surface area contributed by atoms with Crippen LogP contribution in [0.25, 0.3) is 0 Å². The van der Waals surface area contributed by atoms with Crippen molar-refractivity contribution < 1.29 is 28.8 Å². The molecule has 0 heterocycles. The highest BCUT2D eigenvalue weighted by molar-refractivity contribution is 5.78. The van der Waals surface area contributed by atoms with Crippen LogP contribution in [-0.4, -0.2) is 29.5 Å². The van der Waals surface area contributed by atoms with Gasteiger partial charge in [0, 0.05) is 12.1 Å². The Labute approximate surface area is 161 Å². The Bertz CT molecular complexity index is 828. The Hall–Kier alpha value is -3.62.